The zero-order chi connectivity index (χ0) is 19.4. The number of anilines is 1. The lowest BCUT2D eigenvalue weighted by atomic mass is 10.2. The van der Waals surface area contributed by atoms with Gasteiger partial charge in [-0.15, -0.1) is 0 Å². The summed E-state index contributed by atoms with van der Waals surface area (Å²) < 4.78 is 31.7. The van der Waals surface area contributed by atoms with E-state index in [0.717, 1.165) is 0 Å². The average molecular weight is 405 g/mol. The summed E-state index contributed by atoms with van der Waals surface area (Å²) in [6.07, 6.45) is 1.49. The maximum absolute atomic E-state index is 12.6. The second-order valence-electron chi connectivity index (χ2n) is 5.80. The zero-order valence-electron chi connectivity index (χ0n) is 14.4. The van der Waals surface area contributed by atoms with E-state index in [4.69, 9.17) is 16.0 Å². The summed E-state index contributed by atoms with van der Waals surface area (Å²) >= 11 is 6.03. The molecule has 1 amide bonds. The molecular formula is C19H17ClN2O4S. The normalized spacial score (nSPS) is 11.5. The van der Waals surface area contributed by atoms with E-state index in [1.54, 1.807) is 36.4 Å². The van der Waals surface area contributed by atoms with Gasteiger partial charge in [0, 0.05) is 12.6 Å². The van der Waals surface area contributed by atoms with Crippen molar-refractivity contribution in [2.24, 2.45) is 0 Å². The van der Waals surface area contributed by atoms with Gasteiger partial charge in [0.25, 0.3) is 5.91 Å². The number of amides is 1. The molecule has 1 N–H and O–H groups in total. The Morgan fingerprint density at radius 2 is 1.78 bits per heavy atom. The highest BCUT2D eigenvalue weighted by atomic mass is 35.5. The van der Waals surface area contributed by atoms with Crippen molar-refractivity contribution >= 4 is 33.2 Å². The van der Waals surface area contributed by atoms with Crippen LogP contribution in [0.5, 0.6) is 0 Å². The van der Waals surface area contributed by atoms with Gasteiger partial charge in [0.2, 0.25) is 10.0 Å². The fraction of sp³-hybridized carbons (Fsp3) is 0.105. The van der Waals surface area contributed by atoms with E-state index < -0.39 is 10.0 Å². The monoisotopic (exact) mass is 404 g/mol. The Kier molecular flexibility index (Phi) is 5.65. The molecule has 0 aliphatic heterocycles. The second kappa shape index (κ2) is 7.96. The molecule has 0 saturated carbocycles. The van der Waals surface area contributed by atoms with Crippen molar-refractivity contribution in [1.82, 2.24) is 4.31 Å². The molecule has 3 rings (SSSR count). The summed E-state index contributed by atoms with van der Waals surface area (Å²) in [6.45, 7) is 0.115. The Labute approximate surface area is 162 Å². The van der Waals surface area contributed by atoms with Gasteiger partial charge < -0.3 is 9.73 Å². The Morgan fingerprint density at radius 3 is 2.41 bits per heavy atom. The lowest BCUT2D eigenvalue weighted by Crippen LogP contribution is -2.26. The van der Waals surface area contributed by atoms with Gasteiger partial charge >= 0.3 is 0 Å². The second-order valence-corrected chi connectivity index (χ2v) is 8.25. The number of rotatable bonds is 6. The van der Waals surface area contributed by atoms with Crippen LogP contribution >= 0.6 is 11.6 Å². The number of benzene rings is 2. The van der Waals surface area contributed by atoms with Crippen molar-refractivity contribution in [2.45, 2.75) is 11.4 Å². The lowest BCUT2D eigenvalue weighted by molar-refractivity contribution is 0.102. The van der Waals surface area contributed by atoms with E-state index in [0.29, 0.717) is 22.0 Å². The Bertz CT molecular complexity index is 1030. The van der Waals surface area contributed by atoms with Gasteiger partial charge in [-0.3, -0.25) is 4.79 Å². The number of hydrogen-bond acceptors (Lipinski definition) is 4. The topological polar surface area (TPSA) is 79.6 Å². The average Bonchev–Trinajstić information content (AvgIpc) is 3.16. The van der Waals surface area contributed by atoms with E-state index in [1.807, 2.05) is 0 Å². The molecular weight excluding hydrogens is 388 g/mol. The largest absolute Gasteiger partial charge is 0.468 e. The first-order valence-electron chi connectivity index (χ1n) is 8.02. The maximum atomic E-state index is 12.6. The molecule has 6 nitrogen and oxygen atoms in total. The van der Waals surface area contributed by atoms with Crippen molar-refractivity contribution in [3.63, 3.8) is 0 Å². The van der Waals surface area contributed by atoms with Crippen LogP contribution in [0.2, 0.25) is 5.02 Å². The van der Waals surface area contributed by atoms with Crippen molar-refractivity contribution < 1.29 is 17.6 Å². The molecule has 8 heteroatoms. The van der Waals surface area contributed by atoms with Gasteiger partial charge in [0.05, 0.1) is 28.4 Å². The molecule has 2 aromatic carbocycles. The first kappa shape index (κ1) is 19.2. The summed E-state index contributed by atoms with van der Waals surface area (Å²) in [5.41, 5.74) is 0.807. The minimum Gasteiger partial charge on any atom is -0.468 e. The number of para-hydroxylation sites is 1. The number of carbonyl (C=O) groups is 1. The molecule has 3 aromatic rings. The molecule has 0 atom stereocenters. The lowest BCUT2D eigenvalue weighted by Gasteiger charge is -2.16. The molecule has 140 valence electrons. The number of halogens is 1. The summed E-state index contributed by atoms with van der Waals surface area (Å²) in [6, 6.07) is 16.0. The van der Waals surface area contributed by atoms with Crippen molar-refractivity contribution in [1.29, 1.82) is 0 Å². The highest BCUT2D eigenvalue weighted by Crippen LogP contribution is 2.22. The fourth-order valence-electron chi connectivity index (χ4n) is 2.42. The van der Waals surface area contributed by atoms with Crippen LogP contribution in [0.3, 0.4) is 0 Å². The van der Waals surface area contributed by atoms with Gasteiger partial charge in [-0.25, -0.2) is 8.42 Å². The number of sulfonamides is 1. The van der Waals surface area contributed by atoms with Gasteiger partial charge in [-0.2, -0.15) is 4.31 Å². The number of nitrogens with zero attached hydrogens (tertiary/aromatic N) is 1. The third-order valence-corrected chi connectivity index (χ3v) is 6.05. The molecule has 0 saturated heterocycles. The molecule has 0 aliphatic carbocycles. The van der Waals surface area contributed by atoms with E-state index in [9.17, 15) is 13.2 Å². The molecule has 0 radical (unpaired) electrons. The number of furan rings is 1. The van der Waals surface area contributed by atoms with Gasteiger partial charge in [-0.1, -0.05) is 23.7 Å². The fourth-order valence-corrected chi connectivity index (χ4v) is 3.74. The smallest absolute Gasteiger partial charge is 0.255 e. The van der Waals surface area contributed by atoms with Crippen LogP contribution in [0, 0.1) is 0 Å². The van der Waals surface area contributed by atoms with E-state index in [2.05, 4.69) is 5.32 Å². The molecule has 0 fully saturated rings. The molecule has 0 aliphatic rings. The highest BCUT2D eigenvalue weighted by Gasteiger charge is 2.22. The van der Waals surface area contributed by atoms with Gasteiger partial charge in [-0.05, 0) is 48.5 Å². The molecule has 0 bridgehead atoms. The molecule has 0 unspecified atom stereocenters. The van der Waals surface area contributed by atoms with E-state index in [1.165, 1.54) is 41.9 Å². The minimum atomic E-state index is -3.70. The summed E-state index contributed by atoms with van der Waals surface area (Å²) in [5.74, 6) is 0.160. The third kappa shape index (κ3) is 4.39. The SMILES string of the molecule is CN(Cc1ccco1)S(=O)(=O)c1ccc(C(=O)Nc2ccccc2Cl)cc1. The highest BCUT2D eigenvalue weighted by molar-refractivity contribution is 7.89. The van der Waals surface area contributed by atoms with Crippen LogP contribution in [0.1, 0.15) is 16.1 Å². The molecule has 0 spiro atoms. The first-order valence-corrected chi connectivity index (χ1v) is 9.84. The number of carbonyl (C=O) groups excluding carboxylic acids is 1. The van der Waals surface area contributed by atoms with Crippen LogP contribution in [0.4, 0.5) is 5.69 Å². The quantitative estimate of drug-likeness (QED) is 0.673. The third-order valence-electron chi connectivity index (χ3n) is 3.91. The van der Waals surface area contributed by atoms with Crippen LogP contribution in [-0.2, 0) is 16.6 Å². The Balaban J connectivity index is 1.74. The maximum Gasteiger partial charge on any atom is 0.255 e. The summed E-state index contributed by atoms with van der Waals surface area (Å²) in [5, 5.41) is 3.11. The van der Waals surface area contributed by atoms with E-state index >= 15 is 0 Å². The predicted octanol–water partition coefficient (Wildman–Crippen LogP) is 4.01. The van der Waals surface area contributed by atoms with Crippen molar-refractivity contribution in [3.8, 4) is 0 Å². The summed E-state index contributed by atoms with van der Waals surface area (Å²) in [7, 11) is -2.23. The van der Waals surface area contributed by atoms with E-state index in [-0.39, 0.29) is 17.3 Å². The molecule has 27 heavy (non-hydrogen) atoms. The minimum absolute atomic E-state index is 0.0887. The molecule has 1 heterocycles. The van der Waals surface area contributed by atoms with Crippen LogP contribution < -0.4 is 5.32 Å². The van der Waals surface area contributed by atoms with Crippen LogP contribution in [-0.4, -0.2) is 25.7 Å². The van der Waals surface area contributed by atoms with Crippen LogP contribution in [0.15, 0.2) is 76.2 Å². The zero-order valence-corrected chi connectivity index (χ0v) is 16.0. The summed E-state index contributed by atoms with van der Waals surface area (Å²) in [4.78, 5) is 12.4. The standard InChI is InChI=1S/C19H17ClN2O4S/c1-22(13-15-5-4-12-26-15)27(24,25)16-10-8-14(9-11-16)19(23)21-18-7-3-2-6-17(18)20/h2-12H,13H2,1H3,(H,21,23). The first-order chi connectivity index (χ1) is 12.9. The predicted molar refractivity (Wildman–Crippen MR) is 103 cm³/mol. The van der Waals surface area contributed by atoms with Gasteiger partial charge in [0.15, 0.2) is 0 Å². The number of hydrogen-bond donors (Lipinski definition) is 1. The van der Waals surface area contributed by atoms with Gasteiger partial charge in [0.1, 0.15) is 5.76 Å². The number of nitrogens with one attached hydrogen (secondary N) is 1. The Hall–Kier alpha value is -2.61. The molecule has 1 aromatic heterocycles. The van der Waals surface area contributed by atoms with Crippen molar-refractivity contribution in [3.05, 3.63) is 83.3 Å². The van der Waals surface area contributed by atoms with Crippen LogP contribution in [0.25, 0.3) is 0 Å². The Morgan fingerprint density at radius 1 is 1.07 bits per heavy atom. The van der Waals surface area contributed by atoms with Crippen molar-refractivity contribution in [2.75, 3.05) is 12.4 Å².